The molecule has 1 unspecified atom stereocenters. The molecule has 0 saturated carbocycles. The van der Waals surface area contributed by atoms with Crippen molar-refractivity contribution in [1.82, 2.24) is 4.90 Å². The molecule has 0 aromatic heterocycles. The number of hydrogen-bond acceptors (Lipinski definition) is 5. The van der Waals surface area contributed by atoms with E-state index in [4.69, 9.17) is 4.74 Å². The van der Waals surface area contributed by atoms with E-state index >= 15 is 0 Å². The van der Waals surface area contributed by atoms with Gasteiger partial charge in [0.2, 0.25) is 5.72 Å². The zero-order chi connectivity index (χ0) is 19.8. The average molecular weight is 368 g/mol. The first kappa shape index (κ1) is 18.4. The first-order chi connectivity index (χ1) is 12.7. The molecule has 0 aliphatic carbocycles. The SMILES string of the molecule is C=C/C=C\C1=CC(C)(C)C2(C=Cc3cc([N+](=O)[O-])ccc3O2)N1CC(=O)O. The summed E-state index contributed by atoms with van der Waals surface area (Å²) in [7, 11) is 0. The Morgan fingerprint density at radius 3 is 2.81 bits per heavy atom. The number of nitro benzene ring substituents is 1. The van der Waals surface area contributed by atoms with Crippen LogP contribution in [0.5, 0.6) is 5.75 Å². The summed E-state index contributed by atoms with van der Waals surface area (Å²) in [6.45, 7) is 7.30. The number of hydrogen-bond donors (Lipinski definition) is 1. The molecule has 0 bridgehead atoms. The fraction of sp³-hybridized carbons (Fsp3) is 0.250. The maximum atomic E-state index is 11.5. The van der Waals surface area contributed by atoms with Crippen molar-refractivity contribution in [3.63, 3.8) is 0 Å². The molecule has 7 heteroatoms. The molecule has 1 aromatic rings. The van der Waals surface area contributed by atoms with Crippen LogP contribution in [0.4, 0.5) is 5.69 Å². The molecule has 2 aliphatic rings. The number of benzene rings is 1. The van der Waals surface area contributed by atoms with Crippen molar-refractivity contribution in [2.24, 2.45) is 5.41 Å². The van der Waals surface area contributed by atoms with E-state index in [0.29, 0.717) is 17.0 Å². The number of carboxylic acid groups (broad SMARTS) is 1. The molecule has 0 saturated heterocycles. The summed E-state index contributed by atoms with van der Waals surface area (Å²) < 4.78 is 6.30. The van der Waals surface area contributed by atoms with E-state index < -0.39 is 22.0 Å². The number of nitrogens with zero attached hydrogens (tertiary/aromatic N) is 2. The number of ether oxygens (including phenoxy) is 1. The van der Waals surface area contributed by atoms with E-state index in [1.54, 1.807) is 41.3 Å². The Balaban J connectivity index is 2.08. The first-order valence-electron chi connectivity index (χ1n) is 8.38. The van der Waals surface area contributed by atoms with Crippen LogP contribution in [0.2, 0.25) is 0 Å². The topological polar surface area (TPSA) is 92.9 Å². The second kappa shape index (κ2) is 6.42. The number of nitro groups is 1. The Labute approximate surface area is 156 Å². The molecule has 1 atom stereocenters. The number of fused-ring (bicyclic) bond motifs is 1. The number of carbonyl (C=O) groups is 1. The third-order valence-electron chi connectivity index (χ3n) is 4.80. The van der Waals surface area contributed by atoms with Crippen molar-refractivity contribution in [1.29, 1.82) is 0 Å². The van der Waals surface area contributed by atoms with Gasteiger partial charge in [0.15, 0.2) is 0 Å². The van der Waals surface area contributed by atoms with Crippen molar-refractivity contribution >= 4 is 17.7 Å². The maximum absolute atomic E-state index is 11.5. The summed E-state index contributed by atoms with van der Waals surface area (Å²) >= 11 is 0. The molecule has 7 nitrogen and oxygen atoms in total. The van der Waals surface area contributed by atoms with E-state index in [1.807, 2.05) is 19.9 Å². The van der Waals surface area contributed by atoms with Gasteiger partial charge in [-0.2, -0.15) is 0 Å². The van der Waals surface area contributed by atoms with Crippen molar-refractivity contribution in [3.05, 3.63) is 76.5 Å². The number of non-ortho nitro benzene ring substituents is 1. The van der Waals surface area contributed by atoms with Gasteiger partial charge in [0.25, 0.3) is 5.69 Å². The van der Waals surface area contributed by atoms with Crippen LogP contribution in [0.25, 0.3) is 6.08 Å². The van der Waals surface area contributed by atoms with Crippen molar-refractivity contribution in [2.45, 2.75) is 19.6 Å². The summed E-state index contributed by atoms with van der Waals surface area (Å²) in [5, 5.41) is 20.4. The van der Waals surface area contributed by atoms with Gasteiger partial charge in [0.1, 0.15) is 12.3 Å². The summed E-state index contributed by atoms with van der Waals surface area (Å²) in [6.07, 6.45) is 10.6. The maximum Gasteiger partial charge on any atom is 0.323 e. The zero-order valence-corrected chi connectivity index (χ0v) is 15.1. The Bertz CT molecular complexity index is 913. The summed E-state index contributed by atoms with van der Waals surface area (Å²) in [6, 6.07) is 4.36. The van der Waals surface area contributed by atoms with Gasteiger partial charge in [0.05, 0.1) is 4.92 Å². The highest BCUT2D eigenvalue weighted by molar-refractivity contribution is 5.71. The van der Waals surface area contributed by atoms with E-state index in [0.717, 1.165) is 0 Å². The molecule has 2 heterocycles. The quantitative estimate of drug-likeness (QED) is 0.483. The number of carboxylic acids is 1. The van der Waals surface area contributed by atoms with Gasteiger partial charge in [-0.1, -0.05) is 32.6 Å². The van der Waals surface area contributed by atoms with Crippen LogP contribution < -0.4 is 4.74 Å². The molecule has 0 radical (unpaired) electrons. The van der Waals surface area contributed by atoms with Crippen LogP contribution in [0.15, 0.2) is 60.9 Å². The highest BCUT2D eigenvalue weighted by Crippen LogP contribution is 2.51. The minimum Gasteiger partial charge on any atom is -0.480 e. The van der Waals surface area contributed by atoms with Crippen LogP contribution in [0.1, 0.15) is 19.4 Å². The molecule has 27 heavy (non-hydrogen) atoms. The largest absolute Gasteiger partial charge is 0.480 e. The van der Waals surface area contributed by atoms with Gasteiger partial charge in [-0.3, -0.25) is 14.9 Å². The van der Waals surface area contributed by atoms with Gasteiger partial charge >= 0.3 is 5.97 Å². The summed E-state index contributed by atoms with van der Waals surface area (Å²) in [5.74, 6) is -0.523. The Morgan fingerprint density at radius 1 is 1.44 bits per heavy atom. The number of aliphatic carboxylic acids is 1. The van der Waals surface area contributed by atoms with E-state index in [9.17, 15) is 20.0 Å². The monoisotopic (exact) mass is 368 g/mol. The predicted molar refractivity (Wildman–Crippen MR) is 101 cm³/mol. The van der Waals surface area contributed by atoms with Gasteiger partial charge < -0.3 is 14.7 Å². The van der Waals surface area contributed by atoms with Crippen molar-refractivity contribution in [2.75, 3.05) is 6.54 Å². The lowest BCUT2D eigenvalue weighted by atomic mass is 9.80. The highest BCUT2D eigenvalue weighted by atomic mass is 16.6. The minimum atomic E-state index is -1.06. The fourth-order valence-corrected chi connectivity index (χ4v) is 3.51. The first-order valence-corrected chi connectivity index (χ1v) is 8.38. The van der Waals surface area contributed by atoms with Crippen LogP contribution in [0, 0.1) is 15.5 Å². The van der Waals surface area contributed by atoms with E-state index in [1.165, 1.54) is 12.1 Å². The Morgan fingerprint density at radius 2 is 2.19 bits per heavy atom. The van der Waals surface area contributed by atoms with Crippen LogP contribution in [0.3, 0.4) is 0 Å². The van der Waals surface area contributed by atoms with Gasteiger partial charge in [-0.25, -0.2) is 0 Å². The second-order valence-electron chi connectivity index (χ2n) is 6.98. The molecule has 1 N–H and O–H groups in total. The molecule has 0 fully saturated rings. The minimum absolute atomic E-state index is 0.0289. The number of allylic oxidation sites excluding steroid dienone is 3. The lowest BCUT2D eigenvalue weighted by Crippen LogP contribution is -2.57. The normalized spacial score (nSPS) is 22.4. The molecule has 0 amide bonds. The molecule has 2 aliphatic heterocycles. The zero-order valence-electron chi connectivity index (χ0n) is 15.1. The molecule has 1 aromatic carbocycles. The smallest absolute Gasteiger partial charge is 0.323 e. The van der Waals surface area contributed by atoms with Crippen LogP contribution >= 0.6 is 0 Å². The van der Waals surface area contributed by atoms with E-state index in [2.05, 4.69) is 6.58 Å². The summed E-state index contributed by atoms with van der Waals surface area (Å²) in [4.78, 5) is 23.7. The van der Waals surface area contributed by atoms with Gasteiger partial charge in [-0.05, 0) is 30.4 Å². The van der Waals surface area contributed by atoms with Gasteiger partial charge in [-0.15, -0.1) is 0 Å². The molecule has 140 valence electrons. The van der Waals surface area contributed by atoms with Crippen LogP contribution in [-0.2, 0) is 4.79 Å². The Hall–Kier alpha value is -3.35. The third kappa shape index (κ3) is 3.01. The summed E-state index contributed by atoms with van der Waals surface area (Å²) in [5.41, 5.74) is -0.360. The standard InChI is InChI=1S/C20H20N2O5/c1-4-5-6-16-12-19(2,3)20(21(16)13-18(23)24)10-9-14-11-15(22(25)26)7-8-17(14)27-20/h4-12H,1,13H2,2-3H3,(H,23,24)/b6-5-. The van der Waals surface area contributed by atoms with E-state index in [-0.39, 0.29) is 12.2 Å². The second-order valence-corrected chi connectivity index (χ2v) is 6.98. The van der Waals surface area contributed by atoms with Gasteiger partial charge in [0, 0.05) is 28.8 Å². The Kier molecular flexibility index (Phi) is 4.39. The molecule has 1 spiro atoms. The lowest BCUT2D eigenvalue weighted by molar-refractivity contribution is -0.384. The average Bonchev–Trinajstić information content (AvgIpc) is 2.79. The number of rotatable bonds is 5. The van der Waals surface area contributed by atoms with Crippen molar-refractivity contribution in [3.8, 4) is 5.75 Å². The van der Waals surface area contributed by atoms with Crippen LogP contribution in [-0.4, -0.2) is 33.2 Å². The molecular formula is C20H20N2O5. The molecule has 3 rings (SSSR count). The van der Waals surface area contributed by atoms with Crippen molar-refractivity contribution < 1.29 is 19.6 Å². The predicted octanol–water partition coefficient (Wildman–Crippen LogP) is 3.75. The fourth-order valence-electron chi connectivity index (χ4n) is 3.51. The molecular weight excluding hydrogens is 348 g/mol. The highest BCUT2D eigenvalue weighted by Gasteiger charge is 2.55. The third-order valence-corrected chi connectivity index (χ3v) is 4.80. The lowest BCUT2D eigenvalue weighted by Gasteiger charge is -2.47.